The van der Waals surface area contributed by atoms with Gasteiger partial charge in [-0.05, 0) is 24.5 Å². The Kier molecular flexibility index (Phi) is 3.15. The van der Waals surface area contributed by atoms with E-state index >= 15 is 0 Å². The molecule has 2 nitrogen and oxygen atoms in total. The van der Waals surface area contributed by atoms with Crippen LogP contribution in [0, 0.1) is 12.3 Å². The van der Waals surface area contributed by atoms with Crippen molar-refractivity contribution in [2.24, 2.45) is 5.41 Å². The smallest absolute Gasteiger partial charge is 0.117 e. The summed E-state index contributed by atoms with van der Waals surface area (Å²) >= 11 is 0. The molecule has 1 heterocycles. The first-order valence-corrected chi connectivity index (χ1v) is 4.73. The molecule has 0 spiro atoms. The maximum atomic E-state index is 5.44. The molecule has 0 aliphatic carbocycles. The second-order valence-electron chi connectivity index (χ2n) is 4.68. The molecule has 2 heteroatoms. The highest BCUT2D eigenvalue weighted by atomic mass is 16.3. The van der Waals surface area contributed by atoms with Gasteiger partial charge < -0.3 is 9.73 Å². The van der Waals surface area contributed by atoms with Gasteiger partial charge in [-0.2, -0.15) is 0 Å². The molecule has 0 radical (unpaired) electrons. The van der Waals surface area contributed by atoms with Gasteiger partial charge in [-0.15, -0.1) is 0 Å². The van der Waals surface area contributed by atoms with E-state index in [1.54, 1.807) is 0 Å². The zero-order valence-corrected chi connectivity index (χ0v) is 8.98. The molecule has 0 amide bonds. The van der Waals surface area contributed by atoms with Crippen molar-refractivity contribution in [1.29, 1.82) is 0 Å². The highest BCUT2D eigenvalue weighted by molar-refractivity contribution is 5.05. The van der Waals surface area contributed by atoms with E-state index in [0.717, 1.165) is 24.6 Å². The third kappa shape index (κ3) is 4.13. The number of nitrogens with one attached hydrogen (secondary N) is 1. The van der Waals surface area contributed by atoms with Gasteiger partial charge in [-0.25, -0.2) is 0 Å². The van der Waals surface area contributed by atoms with Crippen LogP contribution < -0.4 is 5.32 Å². The molecule has 0 bridgehead atoms. The Morgan fingerprint density at radius 1 is 1.31 bits per heavy atom. The molecule has 1 aromatic rings. The lowest BCUT2D eigenvalue weighted by molar-refractivity contribution is 0.364. The Hall–Kier alpha value is -0.760. The summed E-state index contributed by atoms with van der Waals surface area (Å²) in [5.41, 5.74) is 0.335. The average molecular weight is 181 g/mol. The van der Waals surface area contributed by atoms with Gasteiger partial charge in [-0.3, -0.25) is 0 Å². The summed E-state index contributed by atoms with van der Waals surface area (Å²) in [4.78, 5) is 0. The number of hydrogen-bond donors (Lipinski definition) is 1. The summed E-state index contributed by atoms with van der Waals surface area (Å²) in [5, 5.41) is 3.36. The van der Waals surface area contributed by atoms with Crippen LogP contribution in [0.5, 0.6) is 0 Å². The number of rotatable bonds is 3. The molecule has 0 atom stereocenters. The minimum atomic E-state index is 0.335. The van der Waals surface area contributed by atoms with Crippen LogP contribution >= 0.6 is 0 Å². The highest BCUT2D eigenvalue weighted by Gasteiger charge is 2.09. The van der Waals surface area contributed by atoms with Crippen molar-refractivity contribution >= 4 is 0 Å². The third-order valence-corrected chi connectivity index (χ3v) is 1.75. The molecule has 0 fully saturated rings. The first-order chi connectivity index (χ1) is 5.97. The summed E-state index contributed by atoms with van der Waals surface area (Å²) in [7, 11) is 0. The Morgan fingerprint density at radius 2 is 2.00 bits per heavy atom. The van der Waals surface area contributed by atoms with E-state index in [4.69, 9.17) is 4.42 Å². The summed E-state index contributed by atoms with van der Waals surface area (Å²) in [6.45, 7) is 10.4. The van der Waals surface area contributed by atoms with Crippen LogP contribution in [0.25, 0.3) is 0 Å². The lowest BCUT2D eigenvalue weighted by atomic mass is 9.97. The molecule has 0 unspecified atom stereocenters. The average Bonchev–Trinajstić information content (AvgIpc) is 2.33. The van der Waals surface area contributed by atoms with Crippen LogP contribution in [-0.2, 0) is 6.54 Å². The molecule has 0 saturated heterocycles. The first-order valence-electron chi connectivity index (χ1n) is 4.73. The number of hydrogen-bond acceptors (Lipinski definition) is 2. The molecular weight excluding hydrogens is 162 g/mol. The Morgan fingerprint density at radius 3 is 2.46 bits per heavy atom. The Labute approximate surface area is 80.3 Å². The van der Waals surface area contributed by atoms with Crippen LogP contribution in [0.1, 0.15) is 32.3 Å². The minimum absolute atomic E-state index is 0.335. The molecule has 1 N–H and O–H groups in total. The maximum absolute atomic E-state index is 5.44. The van der Waals surface area contributed by atoms with E-state index in [2.05, 4.69) is 26.1 Å². The normalized spacial score (nSPS) is 12.0. The second-order valence-corrected chi connectivity index (χ2v) is 4.68. The van der Waals surface area contributed by atoms with Gasteiger partial charge in [0.25, 0.3) is 0 Å². The summed E-state index contributed by atoms with van der Waals surface area (Å²) < 4.78 is 5.44. The molecule has 1 rings (SSSR count). The van der Waals surface area contributed by atoms with Gasteiger partial charge in [-0.1, -0.05) is 20.8 Å². The molecular formula is C11H19NO. The fraction of sp³-hybridized carbons (Fsp3) is 0.636. The third-order valence-electron chi connectivity index (χ3n) is 1.75. The van der Waals surface area contributed by atoms with E-state index in [9.17, 15) is 0 Å². The fourth-order valence-corrected chi connectivity index (χ4v) is 1.14. The van der Waals surface area contributed by atoms with Gasteiger partial charge in [0.15, 0.2) is 0 Å². The predicted octanol–water partition coefficient (Wildman–Crippen LogP) is 2.72. The van der Waals surface area contributed by atoms with E-state index < -0.39 is 0 Å². The summed E-state index contributed by atoms with van der Waals surface area (Å²) in [5.74, 6) is 1.99. The molecule has 1 aromatic heterocycles. The Balaban J connectivity index is 2.28. The van der Waals surface area contributed by atoms with E-state index in [1.807, 2.05) is 19.1 Å². The molecule has 0 aliphatic heterocycles. The topological polar surface area (TPSA) is 25.2 Å². The lowest BCUT2D eigenvalue weighted by Gasteiger charge is -2.18. The van der Waals surface area contributed by atoms with Crippen molar-refractivity contribution < 1.29 is 4.42 Å². The van der Waals surface area contributed by atoms with E-state index in [0.29, 0.717) is 5.41 Å². The first kappa shape index (κ1) is 10.3. The standard InChI is InChI=1S/C11H19NO/c1-9-5-6-10(13-9)7-12-8-11(2,3)4/h5-6,12H,7-8H2,1-4H3. The molecule has 74 valence electrons. The largest absolute Gasteiger partial charge is 0.465 e. The monoisotopic (exact) mass is 181 g/mol. The molecule has 13 heavy (non-hydrogen) atoms. The van der Waals surface area contributed by atoms with Crippen molar-refractivity contribution in [2.45, 2.75) is 34.2 Å². The van der Waals surface area contributed by atoms with Crippen molar-refractivity contribution in [3.63, 3.8) is 0 Å². The second kappa shape index (κ2) is 3.97. The Bertz CT molecular complexity index is 257. The van der Waals surface area contributed by atoms with Crippen LogP contribution in [0.2, 0.25) is 0 Å². The molecule has 0 aliphatic rings. The molecule has 0 aromatic carbocycles. The van der Waals surface area contributed by atoms with Gasteiger partial charge in [0.2, 0.25) is 0 Å². The highest BCUT2D eigenvalue weighted by Crippen LogP contribution is 2.11. The van der Waals surface area contributed by atoms with E-state index in [-0.39, 0.29) is 0 Å². The van der Waals surface area contributed by atoms with Gasteiger partial charge in [0.05, 0.1) is 6.54 Å². The van der Waals surface area contributed by atoms with Crippen molar-refractivity contribution in [3.8, 4) is 0 Å². The van der Waals surface area contributed by atoms with Gasteiger partial charge >= 0.3 is 0 Å². The number of aryl methyl sites for hydroxylation is 1. The maximum Gasteiger partial charge on any atom is 0.117 e. The van der Waals surface area contributed by atoms with Crippen molar-refractivity contribution in [3.05, 3.63) is 23.7 Å². The summed E-state index contributed by atoms with van der Waals surface area (Å²) in [6, 6.07) is 4.01. The number of furan rings is 1. The fourth-order valence-electron chi connectivity index (χ4n) is 1.14. The van der Waals surface area contributed by atoms with Crippen LogP contribution in [0.3, 0.4) is 0 Å². The van der Waals surface area contributed by atoms with Crippen LogP contribution in [0.15, 0.2) is 16.5 Å². The van der Waals surface area contributed by atoms with Crippen molar-refractivity contribution in [2.75, 3.05) is 6.54 Å². The minimum Gasteiger partial charge on any atom is -0.465 e. The molecule has 0 saturated carbocycles. The zero-order valence-electron chi connectivity index (χ0n) is 8.98. The quantitative estimate of drug-likeness (QED) is 0.775. The summed E-state index contributed by atoms with van der Waals surface area (Å²) in [6.07, 6.45) is 0. The SMILES string of the molecule is Cc1ccc(CNCC(C)(C)C)o1. The lowest BCUT2D eigenvalue weighted by Crippen LogP contribution is -2.26. The van der Waals surface area contributed by atoms with E-state index in [1.165, 1.54) is 0 Å². The predicted molar refractivity (Wildman–Crippen MR) is 54.6 cm³/mol. The van der Waals surface area contributed by atoms with Crippen molar-refractivity contribution in [1.82, 2.24) is 5.32 Å². The van der Waals surface area contributed by atoms with Crippen LogP contribution in [0.4, 0.5) is 0 Å². The zero-order chi connectivity index (χ0) is 9.90. The van der Waals surface area contributed by atoms with Gasteiger partial charge in [0, 0.05) is 6.54 Å². The van der Waals surface area contributed by atoms with Crippen LogP contribution in [-0.4, -0.2) is 6.54 Å². The van der Waals surface area contributed by atoms with Gasteiger partial charge in [0.1, 0.15) is 11.5 Å².